The van der Waals surface area contributed by atoms with Crippen molar-refractivity contribution in [2.75, 3.05) is 7.11 Å². The Balaban J connectivity index is 0.00000133. The van der Waals surface area contributed by atoms with Gasteiger partial charge in [0, 0.05) is 22.4 Å². The summed E-state index contributed by atoms with van der Waals surface area (Å²) >= 11 is 3.45. The van der Waals surface area contributed by atoms with Crippen LogP contribution in [0.15, 0.2) is 53.3 Å². The lowest BCUT2D eigenvalue weighted by molar-refractivity contribution is -0.00000385. The van der Waals surface area contributed by atoms with E-state index >= 15 is 0 Å². The second-order valence-electron chi connectivity index (χ2n) is 3.97. The van der Waals surface area contributed by atoms with Gasteiger partial charge in [-0.1, -0.05) is 0 Å². The minimum Gasteiger partial charge on any atom is -1.00 e. The van der Waals surface area contributed by atoms with E-state index in [1.54, 1.807) is 7.11 Å². The Morgan fingerprint density at radius 2 is 1.79 bits per heavy atom. The fourth-order valence-electron chi connectivity index (χ4n) is 1.87. The minimum atomic E-state index is 0. The van der Waals surface area contributed by atoms with Crippen LogP contribution in [0.2, 0.25) is 0 Å². The van der Waals surface area contributed by atoms with E-state index in [-0.39, 0.29) is 24.0 Å². The van der Waals surface area contributed by atoms with Crippen LogP contribution in [0.25, 0.3) is 16.9 Å². The molecule has 0 amide bonds. The highest BCUT2D eigenvalue weighted by Gasteiger charge is 2.04. The largest absolute Gasteiger partial charge is 1.00 e. The van der Waals surface area contributed by atoms with Crippen LogP contribution in [-0.2, 0) is 0 Å². The minimum absolute atomic E-state index is 0. The molecule has 3 aromatic rings. The number of rotatable bonds is 2. The molecule has 0 N–H and O–H groups in total. The van der Waals surface area contributed by atoms with Crippen molar-refractivity contribution in [2.45, 2.75) is 0 Å². The maximum Gasteiger partial charge on any atom is 0.137 e. The molecule has 1 aromatic carbocycles. The van der Waals surface area contributed by atoms with E-state index in [9.17, 15) is 0 Å². The molecule has 0 spiro atoms. The molecule has 0 radical (unpaired) electrons. The number of ether oxygens (including phenoxy) is 1. The van der Waals surface area contributed by atoms with Gasteiger partial charge in [0.15, 0.2) is 0 Å². The third kappa shape index (κ3) is 2.92. The van der Waals surface area contributed by atoms with Crippen molar-refractivity contribution >= 4 is 21.6 Å². The molecule has 0 saturated heterocycles. The number of imidazole rings is 1. The fourth-order valence-corrected chi connectivity index (χ4v) is 2.22. The summed E-state index contributed by atoms with van der Waals surface area (Å²) in [6.07, 6.45) is 4.01. The normalized spacial score (nSPS) is 10.2. The zero-order chi connectivity index (χ0) is 12.5. The molecule has 5 heteroatoms. The highest BCUT2D eigenvalue weighted by Crippen LogP contribution is 2.22. The molecule has 98 valence electrons. The third-order valence-corrected chi connectivity index (χ3v) is 3.27. The first-order valence-electron chi connectivity index (χ1n) is 5.55. The van der Waals surface area contributed by atoms with Crippen LogP contribution in [-0.4, -0.2) is 16.5 Å². The summed E-state index contributed by atoms with van der Waals surface area (Å²) in [7, 11) is 1.66. The third-order valence-electron chi connectivity index (χ3n) is 2.80. The number of hydrogen-bond acceptors (Lipinski definition) is 2. The van der Waals surface area contributed by atoms with Gasteiger partial charge in [0.05, 0.1) is 12.8 Å². The van der Waals surface area contributed by atoms with Crippen molar-refractivity contribution in [1.82, 2.24) is 9.38 Å². The number of nitrogens with zero attached hydrogens (tertiary/aromatic N) is 2. The monoisotopic (exact) mass is 429 g/mol. The van der Waals surface area contributed by atoms with Gasteiger partial charge >= 0.3 is 0 Å². The van der Waals surface area contributed by atoms with E-state index < -0.39 is 0 Å². The van der Waals surface area contributed by atoms with Crippen molar-refractivity contribution in [1.29, 1.82) is 0 Å². The molecule has 0 bridgehead atoms. The summed E-state index contributed by atoms with van der Waals surface area (Å²) in [5.74, 6) is 0.852. The lowest BCUT2D eigenvalue weighted by atomic mass is 10.2. The number of aromatic nitrogens is 2. The molecular weight excluding hydrogens is 419 g/mol. The number of fused-ring (bicyclic) bond motifs is 1. The number of halogens is 2. The van der Waals surface area contributed by atoms with Gasteiger partial charge in [-0.15, -0.1) is 0 Å². The van der Waals surface area contributed by atoms with Gasteiger partial charge in [-0.3, -0.25) is 0 Å². The maximum absolute atomic E-state index is 5.15. The summed E-state index contributed by atoms with van der Waals surface area (Å²) in [5.41, 5.74) is 2.97. The van der Waals surface area contributed by atoms with Crippen LogP contribution in [0.5, 0.6) is 5.75 Å². The van der Waals surface area contributed by atoms with Crippen LogP contribution in [0.3, 0.4) is 0 Å². The highest BCUT2D eigenvalue weighted by molar-refractivity contribution is 9.10. The van der Waals surface area contributed by atoms with E-state index in [2.05, 4.69) is 20.9 Å². The first-order chi connectivity index (χ1) is 8.76. The summed E-state index contributed by atoms with van der Waals surface area (Å²) in [6.45, 7) is 0. The zero-order valence-electron chi connectivity index (χ0n) is 10.2. The van der Waals surface area contributed by atoms with Crippen molar-refractivity contribution in [3.05, 3.63) is 53.3 Å². The van der Waals surface area contributed by atoms with Crippen molar-refractivity contribution < 1.29 is 28.7 Å². The topological polar surface area (TPSA) is 26.5 Å². The molecule has 3 nitrogen and oxygen atoms in total. The molecule has 0 fully saturated rings. The van der Waals surface area contributed by atoms with Crippen LogP contribution in [0, 0.1) is 0 Å². The van der Waals surface area contributed by atoms with Crippen molar-refractivity contribution in [2.24, 2.45) is 0 Å². The van der Waals surface area contributed by atoms with E-state index in [1.807, 2.05) is 53.2 Å². The van der Waals surface area contributed by atoms with Crippen molar-refractivity contribution in [3.63, 3.8) is 0 Å². The summed E-state index contributed by atoms with van der Waals surface area (Å²) in [4.78, 5) is 4.58. The SMILES string of the molecule is COc1ccc(-c2cn3cc(Br)ccc3n2)cc1.[I-]. The molecule has 0 saturated carbocycles. The Morgan fingerprint density at radius 1 is 1.05 bits per heavy atom. The lowest BCUT2D eigenvalue weighted by Crippen LogP contribution is -3.00. The van der Waals surface area contributed by atoms with Gasteiger partial charge in [-0.2, -0.15) is 0 Å². The van der Waals surface area contributed by atoms with Gasteiger partial charge < -0.3 is 33.1 Å². The molecule has 19 heavy (non-hydrogen) atoms. The Morgan fingerprint density at radius 3 is 2.47 bits per heavy atom. The van der Waals surface area contributed by atoms with Gasteiger partial charge in [-0.25, -0.2) is 4.98 Å². The second-order valence-corrected chi connectivity index (χ2v) is 4.88. The standard InChI is InChI=1S/C14H11BrN2O.HI/c1-18-12-5-2-10(3-6-12)13-9-17-8-11(15)4-7-14(17)16-13;/h2-9H,1H3;1H/p-1. The molecule has 0 aliphatic carbocycles. The van der Waals surface area contributed by atoms with Crippen LogP contribution < -0.4 is 28.7 Å². The quantitative estimate of drug-likeness (QED) is 0.563. The first-order valence-corrected chi connectivity index (χ1v) is 6.34. The second kappa shape index (κ2) is 5.92. The van der Waals surface area contributed by atoms with Crippen LogP contribution >= 0.6 is 15.9 Å². The highest BCUT2D eigenvalue weighted by atomic mass is 127. The van der Waals surface area contributed by atoms with Gasteiger partial charge in [0.25, 0.3) is 0 Å². The van der Waals surface area contributed by atoms with E-state index in [0.717, 1.165) is 27.1 Å². The summed E-state index contributed by atoms with van der Waals surface area (Å²) in [5, 5.41) is 0. The first kappa shape index (κ1) is 14.3. The maximum atomic E-state index is 5.15. The molecule has 0 aliphatic rings. The zero-order valence-corrected chi connectivity index (χ0v) is 13.9. The predicted octanol–water partition coefficient (Wildman–Crippen LogP) is 0.776. The summed E-state index contributed by atoms with van der Waals surface area (Å²) < 4.78 is 8.19. The lowest BCUT2D eigenvalue weighted by Gasteiger charge is -1.99. The van der Waals surface area contributed by atoms with Crippen LogP contribution in [0.1, 0.15) is 0 Å². The molecule has 2 heterocycles. The Bertz CT molecular complexity index is 694. The van der Waals surface area contributed by atoms with Crippen molar-refractivity contribution in [3.8, 4) is 17.0 Å². The molecule has 3 rings (SSSR count). The predicted molar refractivity (Wildman–Crippen MR) is 74.9 cm³/mol. The fraction of sp³-hybridized carbons (Fsp3) is 0.0714. The summed E-state index contributed by atoms with van der Waals surface area (Å²) in [6, 6.07) is 11.9. The number of benzene rings is 1. The molecule has 2 aromatic heterocycles. The van der Waals surface area contributed by atoms with Gasteiger partial charge in [0.1, 0.15) is 11.4 Å². The Kier molecular flexibility index (Phi) is 4.46. The molecule has 0 atom stereocenters. The molecular formula is C14H11BrIN2O-. The number of pyridine rings is 1. The molecule has 0 aliphatic heterocycles. The van der Waals surface area contributed by atoms with E-state index in [4.69, 9.17) is 4.74 Å². The number of hydrogen-bond donors (Lipinski definition) is 0. The Labute approximate surface area is 136 Å². The van der Waals surface area contributed by atoms with Crippen LogP contribution in [0.4, 0.5) is 0 Å². The average molecular weight is 430 g/mol. The van der Waals surface area contributed by atoms with E-state index in [1.165, 1.54) is 0 Å². The van der Waals surface area contributed by atoms with E-state index in [0.29, 0.717) is 0 Å². The molecule has 0 unspecified atom stereocenters. The number of methoxy groups -OCH3 is 1. The van der Waals surface area contributed by atoms with Gasteiger partial charge in [0.2, 0.25) is 0 Å². The van der Waals surface area contributed by atoms with Gasteiger partial charge in [-0.05, 0) is 52.3 Å². The Hall–Kier alpha value is -1.08. The average Bonchev–Trinajstić information content (AvgIpc) is 2.81. The smallest absolute Gasteiger partial charge is 0.137 e.